The fourth-order valence-electron chi connectivity index (χ4n) is 6.27. The molecule has 36 heavy (non-hydrogen) atoms. The molecule has 2 fully saturated rings. The number of hydrogen-bond acceptors (Lipinski definition) is 4. The van der Waals surface area contributed by atoms with Gasteiger partial charge in [0, 0.05) is 0 Å². The minimum absolute atomic E-state index is 0.582. The van der Waals surface area contributed by atoms with Gasteiger partial charge >= 0.3 is 14.2 Å². The van der Waals surface area contributed by atoms with E-state index >= 15 is 0 Å². The van der Waals surface area contributed by atoms with Crippen LogP contribution in [0.15, 0.2) is 48.5 Å². The van der Waals surface area contributed by atoms with Crippen LogP contribution in [0.5, 0.6) is 0 Å². The third-order valence-corrected chi connectivity index (χ3v) is 8.50. The van der Waals surface area contributed by atoms with Crippen molar-refractivity contribution in [2.45, 2.75) is 103 Å². The van der Waals surface area contributed by atoms with Gasteiger partial charge in [-0.1, -0.05) is 88.1 Å². The van der Waals surface area contributed by atoms with Gasteiger partial charge in [-0.3, -0.25) is 0 Å². The lowest BCUT2D eigenvalue weighted by Crippen LogP contribution is -2.29. The number of hydrogen-bond donors (Lipinski definition) is 4. The normalized spacial score (nSPS) is 23.9. The predicted molar refractivity (Wildman–Crippen MR) is 152 cm³/mol. The van der Waals surface area contributed by atoms with Crippen LogP contribution < -0.4 is 10.9 Å². The summed E-state index contributed by atoms with van der Waals surface area (Å²) >= 11 is 0. The molecule has 0 spiro atoms. The zero-order valence-corrected chi connectivity index (χ0v) is 22.4. The summed E-state index contributed by atoms with van der Waals surface area (Å²) < 4.78 is 0. The molecule has 6 heteroatoms. The van der Waals surface area contributed by atoms with E-state index in [1.807, 2.05) is 24.3 Å². The summed E-state index contributed by atoms with van der Waals surface area (Å²) in [5.74, 6) is 3.21. The second kappa shape index (κ2) is 15.0. The largest absolute Gasteiger partial charge is 0.488 e. The first-order valence-corrected chi connectivity index (χ1v) is 14.3. The molecule has 0 atom stereocenters. The van der Waals surface area contributed by atoms with Gasteiger partial charge < -0.3 is 20.1 Å². The van der Waals surface area contributed by atoms with Gasteiger partial charge in [0.2, 0.25) is 0 Å². The van der Waals surface area contributed by atoms with Crippen LogP contribution in [-0.4, -0.2) is 34.3 Å². The van der Waals surface area contributed by atoms with Gasteiger partial charge in [-0.25, -0.2) is 0 Å². The van der Waals surface area contributed by atoms with Crippen molar-refractivity contribution >= 4 is 25.2 Å². The van der Waals surface area contributed by atoms with Crippen LogP contribution in [0, 0.1) is 11.8 Å². The summed E-state index contributed by atoms with van der Waals surface area (Å²) in [4.78, 5) is 0. The molecule has 0 radical (unpaired) electrons. The second-order valence-corrected chi connectivity index (χ2v) is 11.1. The van der Waals surface area contributed by atoms with Crippen molar-refractivity contribution in [1.29, 1.82) is 0 Å². The maximum absolute atomic E-state index is 9.07. The topological polar surface area (TPSA) is 80.9 Å². The van der Waals surface area contributed by atoms with E-state index in [2.05, 4.69) is 38.1 Å². The van der Waals surface area contributed by atoms with E-state index in [1.165, 1.54) is 88.2 Å². The Kier molecular flexibility index (Phi) is 12.1. The van der Waals surface area contributed by atoms with Gasteiger partial charge in [-0.15, -0.1) is 0 Å². The molecule has 0 amide bonds. The Hall–Kier alpha value is -1.59. The Morgan fingerprint density at radius 3 is 1.08 bits per heavy atom. The SMILES string of the molecule is CCCC1CCC(c2ccc(B(O)O)cc2)CC1.CCCC1CCC(c2ccc(B(O)O)cc2)CC1. The molecular formula is C30H46B2O4. The molecule has 2 aromatic rings. The Morgan fingerprint density at radius 2 is 0.833 bits per heavy atom. The van der Waals surface area contributed by atoms with Crippen molar-refractivity contribution in [3.05, 3.63) is 59.7 Å². The maximum Gasteiger partial charge on any atom is 0.488 e. The monoisotopic (exact) mass is 492 g/mol. The average Bonchev–Trinajstić information content (AvgIpc) is 2.90. The molecule has 2 aliphatic rings. The Balaban J connectivity index is 0.000000201. The molecule has 2 aromatic carbocycles. The van der Waals surface area contributed by atoms with E-state index in [0.717, 1.165) is 11.8 Å². The third kappa shape index (κ3) is 8.76. The Morgan fingerprint density at radius 1 is 0.528 bits per heavy atom. The fourth-order valence-corrected chi connectivity index (χ4v) is 6.27. The zero-order valence-electron chi connectivity index (χ0n) is 22.4. The van der Waals surface area contributed by atoms with Crippen molar-refractivity contribution in [2.24, 2.45) is 11.8 Å². The van der Waals surface area contributed by atoms with Crippen LogP contribution in [0.4, 0.5) is 0 Å². The van der Waals surface area contributed by atoms with Gasteiger partial charge in [-0.05, 0) is 97.1 Å². The highest BCUT2D eigenvalue weighted by molar-refractivity contribution is 6.58. The first kappa shape index (κ1) is 29.0. The predicted octanol–water partition coefficient (Wildman–Crippen LogP) is 4.88. The highest BCUT2D eigenvalue weighted by Crippen LogP contribution is 2.38. The smallest absolute Gasteiger partial charge is 0.423 e. The van der Waals surface area contributed by atoms with Gasteiger partial charge in [-0.2, -0.15) is 0 Å². The summed E-state index contributed by atoms with van der Waals surface area (Å²) in [6.45, 7) is 4.54. The molecule has 4 nitrogen and oxygen atoms in total. The van der Waals surface area contributed by atoms with Crippen molar-refractivity contribution in [1.82, 2.24) is 0 Å². The molecule has 4 rings (SSSR count). The highest BCUT2D eigenvalue weighted by atomic mass is 16.4. The van der Waals surface area contributed by atoms with E-state index in [-0.39, 0.29) is 0 Å². The van der Waals surface area contributed by atoms with Gasteiger partial charge in [0.05, 0.1) is 0 Å². The summed E-state index contributed by atoms with van der Waals surface area (Å²) in [6.07, 6.45) is 15.9. The zero-order chi connectivity index (χ0) is 25.9. The maximum atomic E-state index is 9.07. The molecule has 0 heterocycles. The van der Waals surface area contributed by atoms with Gasteiger partial charge in [0.1, 0.15) is 0 Å². The number of benzene rings is 2. The lowest BCUT2D eigenvalue weighted by atomic mass is 9.75. The minimum Gasteiger partial charge on any atom is -0.423 e. The van der Waals surface area contributed by atoms with Crippen molar-refractivity contribution in [3.63, 3.8) is 0 Å². The summed E-state index contributed by atoms with van der Waals surface area (Å²) in [6, 6.07) is 15.5. The molecular weight excluding hydrogens is 446 g/mol. The quantitative estimate of drug-likeness (QED) is 0.396. The second-order valence-electron chi connectivity index (χ2n) is 11.1. The molecule has 0 aliphatic heterocycles. The van der Waals surface area contributed by atoms with Crippen LogP contribution in [0.2, 0.25) is 0 Å². The first-order chi connectivity index (χ1) is 17.4. The van der Waals surface area contributed by atoms with E-state index in [0.29, 0.717) is 22.8 Å². The minimum atomic E-state index is -1.35. The first-order valence-electron chi connectivity index (χ1n) is 14.3. The Bertz CT molecular complexity index is 780. The molecule has 0 aromatic heterocycles. The lowest BCUT2D eigenvalue weighted by Gasteiger charge is -2.28. The molecule has 4 N–H and O–H groups in total. The molecule has 196 valence electrons. The Labute approximate surface area is 219 Å². The van der Waals surface area contributed by atoms with E-state index in [4.69, 9.17) is 20.1 Å². The molecule has 2 saturated carbocycles. The van der Waals surface area contributed by atoms with Crippen LogP contribution in [0.3, 0.4) is 0 Å². The highest BCUT2D eigenvalue weighted by Gasteiger charge is 2.23. The van der Waals surface area contributed by atoms with Crippen LogP contribution in [-0.2, 0) is 0 Å². The van der Waals surface area contributed by atoms with Gasteiger partial charge in [0.25, 0.3) is 0 Å². The van der Waals surface area contributed by atoms with Crippen LogP contribution in [0.1, 0.15) is 114 Å². The van der Waals surface area contributed by atoms with Crippen LogP contribution >= 0.6 is 0 Å². The standard InChI is InChI=1S/2C15H23BO2/c2*1-2-3-12-4-6-13(7-5-12)14-8-10-15(11-9-14)16(17)18/h2*8-13,17-18H,2-7H2,1H3. The fraction of sp³-hybridized carbons (Fsp3) is 0.600. The van der Waals surface area contributed by atoms with Crippen molar-refractivity contribution in [3.8, 4) is 0 Å². The van der Waals surface area contributed by atoms with E-state index in [1.54, 1.807) is 0 Å². The number of rotatable bonds is 8. The van der Waals surface area contributed by atoms with E-state index in [9.17, 15) is 0 Å². The molecule has 0 unspecified atom stereocenters. The summed E-state index contributed by atoms with van der Waals surface area (Å²) in [7, 11) is -2.70. The lowest BCUT2D eigenvalue weighted by molar-refractivity contribution is 0.308. The average molecular weight is 492 g/mol. The van der Waals surface area contributed by atoms with E-state index < -0.39 is 14.2 Å². The molecule has 0 bridgehead atoms. The van der Waals surface area contributed by atoms with Gasteiger partial charge in [0.15, 0.2) is 0 Å². The summed E-state index contributed by atoms with van der Waals surface area (Å²) in [5, 5.41) is 36.3. The summed E-state index contributed by atoms with van der Waals surface area (Å²) in [5.41, 5.74) is 3.88. The van der Waals surface area contributed by atoms with Crippen molar-refractivity contribution < 1.29 is 20.1 Å². The molecule has 2 aliphatic carbocycles. The van der Waals surface area contributed by atoms with Crippen molar-refractivity contribution in [2.75, 3.05) is 0 Å². The third-order valence-electron chi connectivity index (χ3n) is 8.50. The molecule has 0 saturated heterocycles. The van der Waals surface area contributed by atoms with Crippen LogP contribution in [0.25, 0.3) is 0 Å².